The summed E-state index contributed by atoms with van der Waals surface area (Å²) >= 11 is 1.38. The van der Waals surface area contributed by atoms with Gasteiger partial charge in [-0.2, -0.15) is 0 Å². The van der Waals surface area contributed by atoms with E-state index in [-0.39, 0.29) is 5.91 Å². The van der Waals surface area contributed by atoms with Gasteiger partial charge in [0.2, 0.25) is 0 Å². The highest BCUT2D eigenvalue weighted by Crippen LogP contribution is 2.38. The number of hydrogen-bond donors (Lipinski definition) is 1. The number of nitrogens with one attached hydrogen (secondary N) is 1. The minimum Gasteiger partial charge on any atom is -0.490 e. The van der Waals surface area contributed by atoms with Crippen LogP contribution in [0.3, 0.4) is 0 Å². The maximum atomic E-state index is 12.8. The molecule has 1 aliphatic heterocycles. The first-order valence-electron chi connectivity index (χ1n) is 9.05. The van der Waals surface area contributed by atoms with Crippen LogP contribution in [0.1, 0.15) is 17.3 Å². The minimum atomic E-state index is -0.275. The average molecular weight is 400 g/mol. The third kappa shape index (κ3) is 4.02. The standard InChI is InChI=1S/C20H20N2O5S/c1-2-24-7-8-25-15-6-4-3-5-13(15)19(23)22-20-21-14-11-16-17(12-18(14)28-20)27-10-9-26-16/h3-6,11-12H,2,7-10H2,1H3,(H,21,22,23). The minimum absolute atomic E-state index is 0.275. The Morgan fingerprint density at radius 1 is 1.18 bits per heavy atom. The van der Waals surface area contributed by atoms with Gasteiger partial charge >= 0.3 is 0 Å². The van der Waals surface area contributed by atoms with E-state index in [9.17, 15) is 4.79 Å². The third-order valence-electron chi connectivity index (χ3n) is 4.09. The highest BCUT2D eigenvalue weighted by Gasteiger charge is 2.18. The summed E-state index contributed by atoms with van der Waals surface area (Å²) in [5, 5.41) is 3.36. The molecule has 28 heavy (non-hydrogen) atoms. The molecule has 0 atom stereocenters. The SMILES string of the molecule is CCOCCOc1ccccc1C(=O)Nc1nc2cc3c(cc2s1)OCCO3. The number of hydrogen-bond acceptors (Lipinski definition) is 7. The molecule has 0 aliphatic carbocycles. The Morgan fingerprint density at radius 2 is 1.96 bits per heavy atom. The van der Waals surface area contributed by atoms with Crippen molar-refractivity contribution in [3.05, 3.63) is 42.0 Å². The summed E-state index contributed by atoms with van der Waals surface area (Å²) in [7, 11) is 0. The van der Waals surface area contributed by atoms with E-state index in [4.69, 9.17) is 18.9 Å². The summed E-state index contributed by atoms with van der Waals surface area (Å²) in [5.41, 5.74) is 1.20. The van der Waals surface area contributed by atoms with Gasteiger partial charge in [-0.1, -0.05) is 23.5 Å². The summed E-state index contributed by atoms with van der Waals surface area (Å²) in [6.07, 6.45) is 0. The van der Waals surface area contributed by atoms with Crippen LogP contribution in [0, 0.1) is 0 Å². The van der Waals surface area contributed by atoms with Crippen molar-refractivity contribution in [3.63, 3.8) is 0 Å². The lowest BCUT2D eigenvalue weighted by molar-refractivity contribution is 0.0998. The second-order valence-electron chi connectivity index (χ2n) is 5.98. The average Bonchev–Trinajstić information content (AvgIpc) is 3.10. The normalized spacial score (nSPS) is 12.8. The molecule has 0 saturated heterocycles. The van der Waals surface area contributed by atoms with Gasteiger partial charge in [0.1, 0.15) is 25.6 Å². The molecule has 8 heteroatoms. The van der Waals surface area contributed by atoms with Crippen LogP contribution in [0.15, 0.2) is 36.4 Å². The fourth-order valence-electron chi connectivity index (χ4n) is 2.82. The lowest BCUT2D eigenvalue weighted by Gasteiger charge is -2.17. The first-order chi connectivity index (χ1) is 13.7. The van der Waals surface area contributed by atoms with E-state index in [0.29, 0.717) is 61.0 Å². The maximum Gasteiger partial charge on any atom is 0.261 e. The monoisotopic (exact) mass is 400 g/mol. The highest BCUT2D eigenvalue weighted by molar-refractivity contribution is 7.22. The van der Waals surface area contributed by atoms with Crippen molar-refractivity contribution in [2.24, 2.45) is 0 Å². The fraction of sp³-hybridized carbons (Fsp3) is 0.300. The summed E-state index contributed by atoms with van der Waals surface area (Å²) in [6, 6.07) is 10.8. The number of aromatic nitrogens is 1. The van der Waals surface area contributed by atoms with Gasteiger partial charge in [-0.15, -0.1) is 0 Å². The van der Waals surface area contributed by atoms with Gasteiger partial charge in [-0.3, -0.25) is 10.1 Å². The van der Waals surface area contributed by atoms with Crippen LogP contribution < -0.4 is 19.5 Å². The van der Waals surface area contributed by atoms with E-state index in [1.165, 1.54) is 11.3 Å². The van der Waals surface area contributed by atoms with Gasteiger partial charge in [-0.05, 0) is 19.1 Å². The van der Waals surface area contributed by atoms with E-state index in [1.54, 1.807) is 18.2 Å². The van der Waals surface area contributed by atoms with Crippen LogP contribution in [0.25, 0.3) is 10.2 Å². The lowest BCUT2D eigenvalue weighted by Crippen LogP contribution is -2.15. The van der Waals surface area contributed by atoms with Gasteiger partial charge in [0.05, 0.1) is 22.4 Å². The van der Waals surface area contributed by atoms with Crippen molar-refractivity contribution < 1.29 is 23.7 Å². The summed E-state index contributed by atoms with van der Waals surface area (Å²) in [5.74, 6) is 1.62. The summed E-state index contributed by atoms with van der Waals surface area (Å²) < 4.78 is 23.1. The number of carbonyl (C=O) groups excluding carboxylic acids is 1. The predicted molar refractivity (Wildman–Crippen MR) is 107 cm³/mol. The Balaban J connectivity index is 1.50. The molecule has 0 fully saturated rings. The number of ether oxygens (including phenoxy) is 4. The number of para-hydroxylation sites is 1. The second-order valence-corrected chi connectivity index (χ2v) is 7.01. The Bertz CT molecular complexity index is 945. The zero-order valence-electron chi connectivity index (χ0n) is 15.4. The van der Waals surface area contributed by atoms with Crippen LogP contribution >= 0.6 is 11.3 Å². The van der Waals surface area contributed by atoms with E-state index < -0.39 is 0 Å². The molecule has 0 unspecified atom stereocenters. The molecule has 4 rings (SSSR count). The molecule has 0 spiro atoms. The molecule has 2 aromatic carbocycles. The number of anilines is 1. The first-order valence-corrected chi connectivity index (χ1v) is 9.87. The Labute approximate surface area is 166 Å². The predicted octanol–water partition coefficient (Wildman–Crippen LogP) is 3.74. The Morgan fingerprint density at radius 3 is 2.79 bits per heavy atom. The molecule has 0 saturated carbocycles. The van der Waals surface area contributed by atoms with Gasteiger partial charge in [-0.25, -0.2) is 4.98 Å². The topological polar surface area (TPSA) is 78.9 Å². The third-order valence-corrected chi connectivity index (χ3v) is 5.03. The summed E-state index contributed by atoms with van der Waals surface area (Å²) in [6.45, 7) is 4.45. The van der Waals surface area contributed by atoms with Gasteiger partial charge < -0.3 is 18.9 Å². The molecule has 1 N–H and O–H groups in total. The molecule has 2 heterocycles. The molecule has 0 radical (unpaired) electrons. The number of fused-ring (bicyclic) bond motifs is 2. The number of thiazole rings is 1. The van der Waals surface area contributed by atoms with Crippen molar-refractivity contribution in [2.75, 3.05) is 38.4 Å². The van der Waals surface area contributed by atoms with E-state index >= 15 is 0 Å². The Kier molecular flexibility index (Phi) is 5.59. The molecule has 146 valence electrons. The van der Waals surface area contributed by atoms with Crippen LogP contribution in [0.5, 0.6) is 17.2 Å². The zero-order valence-corrected chi connectivity index (χ0v) is 16.2. The smallest absolute Gasteiger partial charge is 0.261 e. The molecular formula is C20H20N2O5S. The van der Waals surface area contributed by atoms with Crippen LogP contribution in [-0.2, 0) is 4.74 Å². The fourth-order valence-corrected chi connectivity index (χ4v) is 3.69. The molecule has 3 aromatic rings. The van der Waals surface area contributed by atoms with Gasteiger partial charge in [0.25, 0.3) is 5.91 Å². The molecule has 0 bridgehead atoms. The quantitative estimate of drug-likeness (QED) is 0.609. The van der Waals surface area contributed by atoms with Crippen LogP contribution in [0.2, 0.25) is 0 Å². The van der Waals surface area contributed by atoms with E-state index in [0.717, 1.165) is 10.2 Å². The van der Waals surface area contributed by atoms with Crippen molar-refractivity contribution in [1.82, 2.24) is 4.98 Å². The van der Waals surface area contributed by atoms with Crippen LogP contribution in [-0.4, -0.2) is 43.9 Å². The highest BCUT2D eigenvalue weighted by atomic mass is 32.1. The van der Waals surface area contributed by atoms with E-state index in [1.807, 2.05) is 25.1 Å². The first kappa shape index (κ1) is 18.5. The van der Waals surface area contributed by atoms with Crippen molar-refractivity contribution in [2.45, 2.75) is 6.92 Å². The van der Waals surface area contributed by atoms with Gasteiger partial charge in [0.15, 0.2) is 16.6 Å². The number of benzene rings is 2. The molecule has 7 nitrogen and oxygen atoms in total. The maximum absolute atomic E-state index is 12.8. The Hall–Kier alpha value is -2.84. The molecule has 1 amide bonds. The van der Waals surface area contributed by atoms with Crippen molar-refractivity contribution in [3.8, 4) is 17.2 Å². The second kappa shape index (κ2) is 8.45. The number of amides is 1. The molecule has 1 aromatic heterocycles. The number of rotatable bonds is 7. The lowest BCUT2D eigenvalue weighted by atomic mass is 10.2. The van der Waals surface area contributed by atoms with Crippen LogP contribution in [0.4, 0.5) is 5.13 Å². The molecular weight excluding hydrogens is 380 g/mol. The van der Waals surface area contributed by atoms with Crippen molar-refractivity contribution >= 4 is 32.6 Å². The largest absolute Gasteiger partial charge is 0.490 e. The zero-order chi connectivity index (χ0) is 19.3. The molecule has 1 aliphatic rings. The number of nitrogens with zero attached hydrogens (tertiary/aromatic N) is 1. The number of carbonyl (C=O) groups is 1. The van der Waals surface area contributed by atoms with E-state index in [2.05, 4.69) is 10.3 Å². The summed E-state index contributed by atoms with van der Waals surface area (Å²) in [4.78, 5) is 17.2. The van der Waals surface area contributed by atoms with Crippen molar-refractivity contribution in [1.29, 1.82) is 0 Å². The van der Waals surface area contributed by atoms with Gasteiger partial charge in [0, 0.05) is 18.7 Å².